The molecule has 0 bridgehead atoms. The van der Waals surface area contributed by atoms with Crippen LogP contribution < -0.4 is 14.5 Å². The van der Waals surface area contributed by atoms with E-state index in [-0.39, 0.29) is 17.4 Å². The Morgan fingerprint density at radius 3 is 2.24 bits per heavy atom. The number of carbonyl (C=O) groups excluding carboxylic acids is 2. The van der Waals surface area contributed by atoms with Crippen LogP contribution in [-0.2, 0) is 9.59 Å². The van der Waals surface area contributed by atoms with Gasteiger partial charge in [-0.1, -0.05) is 6.07 Å². The Kier molecular flexibility index (Phi) is 6.95. The lowest BCUT2D eigenvalue weighted by atomic mass is 9.96. The number of nitrogens with zero attached hydrogens (tertiary/aromatic N) is 3. The maximum Gasteiger partial charge on any atom is 0.300 e. The topological polar surface area (TPSA) is 83.0 Å². The molecule has 1 N–H and O–H groups in total. The summed E-state index contributed by atoms with van der Waals surface area (Å²) in [5.74, 6) is -0.977. The minimum absolute atomic E-state index is 0.0108. The second kappa shape index (κ2) is 10.5. The summed E-state index contributed by atoms with van der Waals surface area (Å²) in [6, 6.07) is 17.4. The molecule has 7 nitrogen and oxygen atoms in total. The fourth-order valence-corrected chi connectivity index (χ4v) is 5.05. The Bertz CT molecular complexity index is 1290. The number of aliphatic hydroxyl groups is 1. The molecule has 1 aromatic heterocycles. The number of amides is 1. The second-order valence-corrected chi connectivity index (χ2v) is 9.71. The lowest BCUT2D eigenvalue weighted by Gasteiger charge is -2.30. The van der Waals surface area contributed by atoms with Crippen LogP contribution in [0.25, 0.3) is 5.76 Å². The van der Waals surface area contributed by atoms with Gasteiger partial charge in [0.05, 0.1) is 17.7 Å². The highest BCUT2D eigenvalue weighted by atomic mass is 16.5. The molecule has 0 aliphatic carbocycles. The summed E-state index contributed by atoms with van der Waals surface area (Å²) < 4.78 is 5.69. The van der Waals surface area contributed by atoms with Crippen molar-refractivity contribution in [3.05, 3.63) is 89.8 Å². The van der Waals surface area contributed by atoms with Gasteiger partial charge in [0.15, 0.2) is 0 Å². The molecule has 2 fully saturated rings. The van der Waals surface area contributed by atoms with Gasteiger partial charge in [0.25, 0.3) is 11.7 Å². The smallest absolute Gasteiger partial charge is 0.300 e. The minimum atomic E-state index is -0.805. The van der Waals surface area contributed by atoms with E-state index in [1.54, 1.807) is 42.7 Å². The molecule has 3 aromatic rings. The first-order chi connectivity index (χ1) is 17.9. The summed E-state index contributed by atoms with van der Waals surface area (Å²) in [5.41, 5.74) is 2.81. The van der Waals surface area contributed by atoms with E-state index in [2.05, 4.69) is 9.88 Å². The van der Waals surface area contributed by atoms with Crippen LogP contribution in [0.15, 0.2) is 78.6 Å². The number of Topliss-reactive ketones (excluding diaryl/α,β-unsaturated/α-hetero) is 1. The van der Waals surface area contributed by atoms with Gasteiger partial charge in [-0.25, -0.2) is 0 Å². The summed E-state index contributed by atoms with van der Waals surface area (Å²) >= 11 is 0. The predicted octanol–water partition coefficient (Wildman–Crippen LogP) is 5.49. The fourth-order valence-electron chi connectivity index (χ4n) is 5.05. The number of carbonyl (C=O) groups is 2. The molecule has 1 atom stereocenters. The van der Waals surface area contributed by atoms with Crippen molar-refractivity contribution in [1.82, 2.24) is 4.98 Å². The van der Waals surface area contributed by atoms with Gasteiger partial charge in [0, 0.05) is 42.4 Å². The molecule has 0 saturated carbocycles. The lowest BCUT2D eigenvalue weighted by molar-refractivity contribution is -0.132. The molecule has 7 heteroatoms. The van der Waals surface area contributed by atoms with Gasteiger partial charge in [-0.3, -0.25) is 19.5 Å². The Labute approximate surface area is 217 Å². The number of benzene rings is 2. The molecule has 37 heavy (non-hydrogen) atoms. The third kappa shape index (κ3) is 4.94. The van der Waals surface area contributed by atoms with Crippen LogP contribution in [0, 0.1) is 0 Å². The van der Waals surface area contributed by atoms with Crippen LogP contribution >= 0.6 is 0 Å². The molecular formula is C30H31N3O4. The van der Waals surface area contributed by atoms with Gasteiger partial charge in [-0.15, -0.1) is 0 Å². The number of anilines is 2. The zero-order valence-corrected chi connectivity index (χ0v) is 21.1. The van der Waals surface area contributed by atoms with Crippen LogP contribution in [0.3, 0.4) is 0 Å². The maximum absolute atomic E-state index is 13.4. The van der Waals surface area contributed by atoms with Gasteiger partial charge in [-0.05, 0) is 93.3 Å². The average molecular weight is 498 g/mol. The molecule has 2 aromatic carbocycles. The Morgan fingerprint density at radius 1 is 0.946 bits per heavy atom. The molecule has 0 spiro atoms. The van der Waals surface area contributed by atoms with Gasteiger partial charge in [0.2, 0.25) is 0 Å². The largest absolute Gasteiger partial charge is 0.507 e. The normalized spacial score (nSPS) is 19.5. The number of ether oxygens (including phenoxy) is 1. The van der Waals surface area contributed by atoms with E-state index >= 15 is 0 Å². The zero-order valence-electron chi connectivity index (χ0n) is 21.1. The summed E-state index contributed by atoms with van der Waals surface area (Å²) in [5, 5.41) is 11.3. The summed E-state index contributed by atoms with van der Waals surface area (Å²) in [4.78, 5) is 34.7. The first kappa shape index (κ1) is 24.6. The number of rotatable bonds is 6. The number of piperidine rings is 1. The fraction of sp³-hybridized carbons (Fsp3) is 0.300. The van der Waals surface area contributed by atoms with Gasteiger partial charge in [0.1, 0.15) is 11.5 Å². The molecule has 5 rings (SSSR count). The van der Waals surface area contributed by atoms with Crippen LogP contribution in [-0.4, -0.2) is 41.0 Å². The van der Waals surface area contributed by atoms with Crippen molar-refractivity contribution in [2.75, 3.05) is 22.9 Å². The van der Waals surface area contributed by atoms with Gasteiger partial charge < -0.3 is 14.7 Å². The highest BCUT2D eigenvalue weighted by Crippen LogP contribution is 2.42. The number of pyridine rings is 1. The molecule has 2 aliphatic heterocycles. The van der Waals surface area contributed by atoms with Crippen molar-refractivity contribution in [3.8, 4) is 5.75 Å². The monoisotopic (exact) mass is 497 g/mol. The number of hydrogen-bond acceptors (Lipinski definition) is 6. The maximum atomic E-state index is 13.4. The van der Waals surface area contributed by atoms with E-state index < -0.39 is 17.7 Å². The summed E-state index contributed by atoms with van der Waals surface area (Å²) in [6.07, 6.45) is 6.85. The van der Waals surface area contributed by atoms with E-state index in [0.717, 1.165) is 18.8 Å². The average Bonchev–Trinajstić information content (AvgIpc) is 3.19. The molecule has 190 valence electrons. The number of aromatic nitrogens is 1. The SMILES string of the molecule is CC(C)Oc1ccc(/C(O)=C2\C(=O)C(=O)N(c3ccc(N4CCCCC4)cc3)C2c2cccnc2)cc1. The van der Waals surface area contributed by atoms with E-state index in [0.29, 0.717) is 22.6 Å². The molecule has 0 radical (unpaired) electrons. The van der Waals surface area contributed by atoms with Crippen LogP contribution in [0.1, 0.15) is 50.3 Å². The minimum Gasteiger partial charge on any atom is -0.507 e. The molecule has 2 aliphatic rings. The molecule has 2 saturated heterocycles. The van der Waals surface area contributed by atoms with Gasteiger partial charge >= 0.3 is 0 Å². The Hall–Kier alpha value is -4.13. The second-order valence-electron chi connectivity index (χ2n) is 9.71. The molecule has 1 amide bonds. The van der Waals surface area contributed by atoms with Crippen LogP contribution in [0.2, 0.25) is 0 Å². The highest BCUT2D eigenvalue weighted by Gasteiger charge is 2.47. The zero-order chi connectivity index (χ0) is 25.9. The van der Waals surface area contributed by atoms with E-state index in [4.69, 9.17) is 4.74 Å². The van der Waals surface area contributed by atoms with Crippen molar-refractivity contribution < 1.29 is 19.4 Å². The summed E-state index contributed by atoms with van der Waals surface area (Å²) in [7, 11) is 0. The molecule has 1 unspecified atom stereocenters. The highest BCUT2D eigenvalue weighted by molar-refractivity contribution is 6.51. The third-order valence-corrected chi connectivity index (χ3v) is 6.79. The molecular weight excluding hydrogens is 466 g/mol. The van der Waals surface area contributed by atoms with E-state index in [1.165, 1.54) is 24.2 Å². The van der Waals surface area contributed by atoms with Gasteiger partial charge in [-0.2, -0.15) is 0 Å². The van der Waals surface area contributed by atoms with Crippen molar-refractivity contribution in [2.45, 2.75) is 45.3 Å². The van der Waals surface area contributed by atoms with E-state index in [1.807, 2.05) is 44.2 Å². The van der Waals surface area contributed by atoms with Crippen molar-refractivity contribution in [3.63, 3.8) is 0 Å². The Balaban J connectivity index is 1.55. The summed E-state index contributed by atoms with van der Waals surface area (Å²) in [6.45, 7) is 5.89. The third-order valence-electron chi connectivity index (χ3n) is 6.79. The quantitative estimate of drug-likeness (QED) is 0.276. The Morgan fingerprint density at radius 2 is 1.62 bits per heavy atom. The van der Waals surface area contributed by atoms with Crippen molar-refractivity contribution in [2.24, 2.45) is 0 Å². The lowest BCUT2D eigenvalue weighted by Crippen LogP contribution is -2.30. The number of aliphatic hydroxyl groups excluding tert-OH is 1. The standard InChI is InChI=1S/C30H31N3O4/c1-20(2)37-25-14-8-21(9-15-25)28(34)26-27(22-7-6-16-31-19-22)33(30(36)29(26)35)24-12-10-23(11-13-24)32-17-4-3-5-18-32/h6-16,19-20,27,34H,3-5,17-18H2,1-2H3/b28-26+. The van der Waals surface area contributed by atoms with Crippen LogP contribution in [0.4, 0.5) is 11.4 Å². The first-order valence-corrected chi connectivity index (χ1v) is 12.8. The van der Waals surface area contributed by atoms with Crippen molar-refractivity contribution >= 4 is 28.8 Å². The number of ketones is 1. The van der Waals surface area contributed by atoms with Crippen LogP contribution in [0.5, 0.6) is 5.75 Å². The van der Waals surface area contributed by atoms with E-state index in [9.17, 15) is 14.7 Å². The predicted molar refractivity (Wildman–Crippen MR) is 144 cm³/mol. The first-order valence-electron chi connectivity index (χ1n) is 12.8. The molecule has 3 heterocycles. The van der Waals surface area contributed by atoms with Crippen molar-refractivity contribution in [1.29, 1.82) is 0 Å². The number of hydrogen-bond donors (Lipinski definition) is 1.